The molecule has 0 fully saturated rings. The van der Waals surface area contributed by atoms with Crippen LogP contribution in [0.15, 0.2) is 65.5 Å². The summed E-state index contributed by atoms with van der Waals surface area (Å²) in [5.41, 5.74) is 4.94. The van der Waals surface area contributed by atoms with Crippen LogP contribution < -0.4 is 4.74 Å². The Kier molecular flexibility index (Phi) is 3.94. The molecular formula is C22H21N3O2. The third kappa shape index (κ3) is 2.80. The van der Waals surface area contributed by atoms with Crippen molar-refractivity contribution in [2.24, 2.45) is 0 Å². The molecule has 4 aromatic rings. The highest BCUT2D eigenvalue weighted by molar-refractivity contribution is 5.86. The highest BCUT2D eigenvalue weighted by Gasteiger charge is 2.32. The largest absolute Gasteiger partial charge is 0.497 e. The van der Waals surface area contributed by atoms with Gasteiger partial charge in [0, 0.05) is 35.5 Å². The molecule has 0 saturated carbocycles. The van der Waals surface area contributed by atoms with Gasteiger partial charge in [-0.15, -0.1) is 0 Å². The van der Waals surface area contributed by atoms with Gasteiger partial charge in [0.1, 0.15) is 11.5 Å². The molecule has 1 atom stereocenters. The van der Waals surface area contributed by atoms with Crippen molar-refractivity contribution >= 4 is 10.9 Å². The first-order valence-corrected chi connectivity index (χ1v) is 9.18. The number of hydrogen-bond acceptors (Lipinski definition) is 4. The quantitative estimate of drug-likeness (QED) is 0.590. The zero-order chi connectivity index (χ0) is 18.2. The predicted octanol–water partition coefficient (Wildman–Crippen LogP) is 4.31. The number of pyridine rings is 1. The van der Waals surface area contributed by atoms with E-state index in [2.05, 4.69) is 33.1 Å². The van der Waals surface area contributed by atoms with Crippen LogP contribution >= 0.6 is 0 Å². The summed E-state index contributed by atoms with van der Waals surface area (Å²) in [6, 6.07) is 14.5. The number of aromatic amines is 1. The molecule has 1 aliphatic rings. The predicted molar refractivity (Wildman–Crippen MR) is 104 cm³/mol. The van der Waals surface area contributed by atoms with Gasteiger partial charge in [-0.3, -0.25) is 9.88 Å². The molecule has 3 aromatic heterocycles. The average molecular weight is 359 g/mol. The molecule has 1 N–H and O–H groups in total. The van der Waals surface area contributed by atoms with Crippen LogP contribution in [0.25, 0.3) is 10.9 Å². The van der Waals surface area contributed by atoms with E-state index in [0.29, 0.717) is 0 Å². The number of nitrogens with zero attached hydrogens (tertiary/aromatic N) is 2. The first kappa shape index (κ1) is 16.1. The van der Waals surface area contributed by atoms with E-state index in [1.165, 1.54) is 22.2 Å². The maximum atomic E-state index is 5.61. The molecule has 0 amide bonds. The van der Waals surface area contributed by atoms with Crippen LogP contribution in [0.2, 0.25) is 0 Å². The van der Waals surface area contributed by atoms with Gasteiger partial charge >= 0.3 is 0 Å². The van der Waals surface area contributed by atoms with Gasteiger partial charge in [0.25, 0.3) is 0 Å². The highest BCUT2D eigenvalue weighted by Crippen LogP contribution is 2.39. The molecule has 0 unspecified atom stereocenters. The number of nitrogens with one attached hydrogen (secondary N) is 1. The van der Waals surface area contributed by atoms with Crippen LogP contribution in [0.1, 0.15) is 28.6 Å². The number of rotatable bonds is 4. The van der Waals surface area contributed by atoms with Crippen molar-refractivity contribution in [3.8, 4) is 5.75 Å². The molecule has 5 rings (SSSR count). The Labute approximate surface area is 157 Å². The fourth-order valence-electron chi connectivity index (χ4n) is 4.13. The van der Waals surface area contributed by atoms with Crippen molar-refractivity contribution in [2.45, 2.75) is 19.0 Å². The summed E-state index contributed by atoms with van der Waals surface area (Å²) in [5.74, 6) is 1.87. The smallest absolute Gasteiger partial charge is 0.119 e. The molecule has 5 nitrogen and oxygen atoms in total. The monoisotopic (exact) mass is 359 g/mol. The number of H-pyrrole nitrogens is 1. The Morgan fingerprint density at radius 1 is 1.26 bits per heavy atom. The van der Waals surface area contributed by atoms with Crippen molar-refractivity contribution in [1.29, 1.82) is 0 Å². The van der Waals surface area contributed by atoms with Crippen molar-refractivity contribution in [1.82, 2.24) is 14.9 Å². The molecule has 4 heterocycles. The molecule has 0 spiro atoms. The van der Waals surface area contributed by atoms with Crippen molar-refractivity contribution in [3.05, 3.63) is 83.7 Å². The molecule has 0 aliphatic carbocycles. The second kappa shape index (κ2) is 6.59. The lowest BCUT2D eigenvalue weighted by Gasteiger charge is -2.35. The van der Waals surface area contributed by atoms with Gasteiger partial charge < -0.3 is 14.1 Å². The number of hydrogen-bond donors (Lipinski definition) is 1. The normalized spacial score (nSPS) is 17.1. The first-order chi connectivity index (χ1) is 13.3. The van der Waals surface area contributed by atoms with E-state index in [0.717, 1.165) is 36.5 Å². The van der Waals surface area contributed by atoms with Gasteiger partial charge in [0.05, 0.1) is 26.0 Å². The molecule has 0 saturated heterocycles. The first-order valence-electron chi connectivity index (χ1n) is 9.18. The van der Waals surface area contributed by atoms with Crippen molar-refractivity contribution in [3.63, 3.8) is 0 Å². The summed E-state index contributed by atoms with van der Waals surface area (Å²) in [5, 5.41) is 1.25. The number of methoxy groups -OCH3 is 1. The fourth-order valence-corrected chi connectivity index (χ4v) is 4.13. The second-order valence-corrected chi connectivity index (χ2v) is 6.92. The molecule has 27 heavy (non-hydrogen) atoms. The van der Waals surface area contributed by atoms with Crippen LogP contribution in [0, 0.1) is 0 Å². The summed E-state index contributed by atoms with van der Waals surface area (Å²) in [4.78, 5) is 10.5. The Morgan fingerprint density at radius 3 is 3.00 bits per heavy atom. The van der Waals surface area contributed by atoms with Crippen molar-refractivity contribution in [2.75, 3.05) is 13.7 Å². The lowest BCUT2D eigenvalue weighted by atomic mass is 9.93. The molecule has 0 radical (unpaired) electrons. The molecule has 1 aromatic carbocycles. The third-order valence-electron chi connectivity index (χ3n) is 5.37. The Hall–Kier alpha value is -3.05. The van der Waals surface area contributed by atoms with E-state index in [4.69, 9.17) is 9.15 Å². The van der Waals surface area contributed by atoms with E-state index >= 15 is 0 Å². The summed E-state index contributed by atoms with van der Waals surface area (Å²) in [6.45, 7) is 1.72. The SMILES string of the molecule is COc1ccc2[nH]c3c(c2c1)CCN(Cc1ccco1)[C@@H]3c1cccnc1. The molecule has 1 aliphatic heterocycles. The zero-order valence-corrected chi connectivity index (χ0v) is 15.2. The average Bonchev–Trinajstić information content (AvgIpc) is 3.35. The van der Waals surface area contributed by atoms with Crippen LogP contribution in [0.4, 0.5) is 0 Å². The molecular weight excluding hydrogens is 338 g/mol. The van der Waals surface area contributed by atoms with Crippen molar-refractivity contribution < 1.29 is 9.15 Å². The van der Waals surface area contributed by atoms with E-state index in [9.17, 15) is 0 Å². The lowest BCUT2D eigenvalue weighted by Crippen LogP contribution is -2.35. The molecule has 136 valence electrons. The van der Waals surface area contributed by atoms with Gasteiger partial charge in [0.15, 0.2) is 0 Å². The lowest BCUT2D eigenvalue weighted by molar-refractivity contribution is 0.186. The standard InChI is InChI=1S/C22H21N3O2/c1-26-16-6-7-20-19(12-16)18-8-10-25(14-17-5-3-11-27-17)22(21(18)24-20)15-4-2-9-23-13-15/h2-7,9,11-13,22,24H,8,10,14H2,1H3/t22-/m1/s1. The Bertz CT molecular complexity index is 1050. The Balaban J connectivity index is 1.64. The number of aromatic nitrogens is 2. The highest BCUT2D eigenvalue weighted by atomic mass is 16.5. The van der Waals surface area contributed by atoms with E-state index in [-0.39, 0.29) is 6.04 Å². The number of benzene rings is 1. The summed E-state index contributed by atoms with van der Waals surface area (Å²) >= 11 is 0. The van der Waals surface area contributed by atoms with Crippen LogP contribution in [-0.2, 0) is 13.0 Å². The van der Waals surface area contributed by atoms with Gasteiger partial charge in [0.2, 0.25) is 0 Å². The topological polar surface area (TPSA) is 54.3 Å². The Morgan fingerprint density at radius 2 is 2.22 bits per heavy atom. The van der Waals surface area contributed by atoms with E-state index < -0.39 is 0 Å². The third-order valence-corrected chi connectivity index (χ3v) is 5.37. The minimum atomic E-state index is 0.117. The van der Waals surface area contributed by atoms with Crippen LogP contribution in [-0.4, -0.2) is 28.5 Å². The van der Waals surface area contributed by atoms with Gasteiger partial charge in [-0.2, -0.15) is 0 Å². The second-order valence-electron chi connectivity index (χ2n) is 6.92. The number of ether oxygens (including phenoxy) is 1. The number of furan rings is 1. The van der Waals surface area contributed by atoms with E-state index in [1.807, 2.05) is 36.7 Å². The van der Waals surface area contributed by atoms with Crippen LogP contribution in [0.5, 0.6) is 5.75 Å². The summed E-state index contributed by atoms with van der Waals surface area (Å²) < 4.78 is 11.1. The van der Waals surface area contributed by atoms with Gasteiger partial charge in [-0.25, -0.2) is 0 Å². The van der Waals surface area contributed by atoms with E-state index in [1.54, 1.807) is 13.4 Å². The van der Waals surface area contributed by atoms with Gasteiger partial charge in [-0.05, 0) is 53.9 Å². The summed E-state index contributed by atoms with van der Waals surface area (Å²) in [6.07, 6.45) is 6.50. The van der Waals surface area contributed by atoms with Crippen LogP contribution in [0.3, 0.4) is 0 Å². The molecule has 0 bridgehead atoms. The molecule has 5 heteroatoms. The van der Waals surface area contributed by atoms with Gasteiger partial charge in [-0.1, -0.05) is 6.07 Å². The minimum Gasteiger partial charge on any atom is -0.497 e. The number of fused-ring (bicyclic) bond motifs is 3. The maximum Gasteiger partial charge on any atom is 0.119 e. The minimum absolute atomic E-state index is 0.117. The zero-order valence-electron chi connectivity index (χ0n) is 15.2. The summed E-state index contributed by atoms with van der Waals surface area (Å²) in [7, 11) is 1.71. The fraction of sp³-hybridized carbons (Fsp3) is 0.227. The maximum absolute atomic E-state index is 5.61.